The van der Waals surface area contributed by atoms with Gasteiger partial charge in [-0.15, -0.1) is 0 Å². The summed E-state index contributed by atoms with van der Waals surface area (Å²) in [6, 6.07) is 9.56. The number of carbonyl (C=O) groups is 2. The number of benzene rings is 1. The number of hydrogen-bond acceptors (Lipinski definition) is 4. The number of carbonyl (C=O) groups excluding carboxylic acids is 1. The Balaban J connectivity index is 1.99. The van der Waals surface area contributed by atoms with Crippen LogP contribution in [0.4, 0.5) is 4.79 Å². The second kappa shape index (κ2) is 7.83. The van der Waals surface area contributed by atoms with Crippen LogP contribution in [-0.4, -0.2) is 39.1 Å². The highest BCUT2D eigenvalue weighted by molar-refractivity contribution is 5.88. The van der Waals surface area contributed by atoms with Crippen molar-refractivity contribution in [2.75, 3.05) is 6.54 Å². The van der Waals surface area contributed by atoms with Gasteiger partial charge >= 0.3 is 12.1 Å². The first kappa shape index (κ1) is 18.5. The number of carboxylic acids is 1. The van der Waals surface area contributed by atoms with Crippen LogP contribution in [0.5, 0.6) is 0 Å². The smallest absolute Gasteiger partial charge is 0.407 e. The Morgan fingerprint density at radius 1 is 1.24 bits per heavy atom. The van der Waals surface area contributed by atoms with Gasteiger partial charge in [-0.05, 0) is 26.3 Å². The standard InChI is InChI=1S/C18H23N3O4/c1-18(2,3)25-17(24)19-9-10-21-12-14(16(22)23)15(20-21)11-13-7-5-4-6-8-13/h4-8,12H,9-11H2,1-3H3,(H,19,24)(H,22,23). The maximum Gasteiger partial charge on any atom is 0.407 e. The minimum atomic E-state index is -1.02. The van der Waals surface area contributed by atoms with E-state index in [9.17, 15) is 14.7 Å². The molecular formula is C18H23N3O4. The molecule has 25 heavy (non-hydrogen) atoms. The van der Waals surface area contributed by atoms with Crippen LogP contribution in [0.15, 0.2) is 36.5 Å². The summed E-state index contributed by atoms with van der Waals surface area (Å²) in [7, 11) is 0. The molecule has 1 aromatic carbocycles. The molecule has 134 valence electrons. The molecule has 7 nitrogen and oxygen atoms in total. The van der Waals surface area contributed by atoms with Crippen LogP contribution in [0.2, 0.25) is 0 Å². The second-order valence-corrected chi connectivity index (χ2v) is 6.65. The van der Waals surface area contributed by atoms with Crippen LogP contribution in [0.25, 0.3) is 0 Å². The molecule has 2 rings (SSSR count). The number of hydrogen-bond donors (Lipinski definition) is 2. The summed E-state index contributed by atoms with van der Waals surface area (Å²) in [5.74, 6) is -1.02. The number of carboxylic acid groups (broad SMARTS) is 1. The molecule has 0 bridgehead atoms. The van der Waals surface area contributed by atoms with Crippen LogP contribution >= 0.6 is 0 Å². The van der Waals surface area contributed by atoms with Gasteiger partial charge in [0.25, 0.3) is 0 Å². The van der Waals surface area contributed by atoms with E-state index < -0.39 is 17.7 Å². The highest BCUT2D eigenvalue weighted by Gasteiger charge is 2.17. The van der Waals surface area contributed by atoms with Crippen molar-refractivity contribution >= 4 is 12.1 Å². The van der Waals surface area contributed by atoms with Crippen molar-refractivity contribution < 1.29 is 19.4 Å². The number of ether oxygens (including phenoxy) is 1. The molecule has 0 radical (unpaired) electrons. The molecule has 0 spiro atoms. The fourth-order valence-corrected chi connectivity index (χ4v) is 2.26. The lowest BCUT2D eigenvalue weighted by atomic mass is 10.1. The summed E-state index contributed by atoms with van der Waals surface area (Å²) in [4.78, 5) is 23.0. The molecule has 0 atom stereocenters. The molecule has 2 N–H and O–H groups in total. The molecule has 0 saturated carbocycles. The fraction of sp³-hybridized carbons (Fsp3) is 0.389. The van der Waals surface area contributed by atoms with E-state index in [1.165, 1.54) is 10.9 Å². The van der Waals surface area contributed by atoms with Crippen molar-refractivity contribution in [1.82, 2.24) is 15.1 Å². The van der Waals surface area contributed by atoms with Gasteiger partial charge in [-0.1, -0.05) is 30.3 Å². The normalized spacial score (nSPS) is 11.2. The van der Waals surface area contributed by atoms with Crippen molar-refractivity contribution in [3.63, 3.8) is 0 Å². The highest BCUT2D eigenvalue weighted by atomic mass is 16.6. The lowest BCUT2D eigenvalue weighted by Crippen LogP contribution is -2.34. The van der Waals surface area contributed by atoms with E-state index in [1.807, 2.05) is 30.3 Å². The third-order valence-electron chi connectivity index (χ3n) is 3.29. The Kier molecular flexibility index (Phi) is 5.80. The molecule has 0 saturated heterocycles. The maximum absolute atomic E-state index is 11.6. The van der Waals surface area contributed by atoms with Crippen molar-refractivity contribution in [2.45, 2.75) is 39.3 Å². The number of nitrogens with one attached hydrogen (secondary N) is 1. The Morgan fingerprint density at radius 3 is 2.52 bits per heavy atom. The number of aromatic nitrogens is 2. The van der Waals surface area contributed by atoms with E-state index in [0.29, 0.717) is 25.2 Å². The minimum Gasteiger partial charge on any atom is -0.478 e. The molecule has 2 aromatic rings. The number of aromatic carboxylic acids is 1. The fourth-order valence-electron chi connectivity index (χ4n) is 2.26. The molecule has 1 aromatic heterocycles. The Hall–Kier alpha value is -2.83. The molecule has 0 aliphatic rings. The molecule has 7 heteroatoms. The van der Waals surface area contributed by atoms with E-state index >= 15 is 0 Å². The Morgan fingerprint density at radius 2 is 1.92 bits per heavy atom. The van der Waals surface area contributed by atoms with Crippen LogP contribution in [-0.2, 0) is 17.7 Å². The zero-order valence-corrected chi connectivity index (χ0v) is 14.7. The van der Waals surface area contributed by atoms with E-state index in [1.54, 1.807) is 20.8 Å². The molecule has 0 unspecified atom stereocenters. The molecule has 0 aliphatic carbocycles. The van der Waals surface area contributed by atoms with Crippen molar-refractivity contribution in [3.8, 4) is 0 Å². The van der Waals surface area contributed by atoms with Gasteiger partial charge in [0.1, 0.15) is 11.2 Å². The lowest BCUT2D eigenvalue weighted by Gasteiger charge is -2.19. The SMILES string of the molecule is CC(C)(C)OC(=O)NCCn1cc(C(=O)O)c(Cc2ccccc2)n1. The van der Waals surface area contributed by atoms with E-state index in [-0.39, 0.29) is 5.56 Å². The summed E-state index contributed by atoms with van der Waals surface area (Å²) in [6.45, 7) is 6.01. The molecule has 0 aliphatic heterocycles. The number of nitrogens with zero attached hydrogens (tertiary/aromatic N) is 2. The summed E-state index contributed by atoms with van der Waals surface area (Å²) in [5.41, 5.74) is 1.09. The zero-order valence-electron chi connectivity index (χ0n) is 14.7. The predicted molar refractivity (Wildman–Crippen MR) is 92.7 cm³/mol. The van der Waals surface area contributed by atoms with Gasteiger partial charge in [0.15, 0.2) is 0 Å². The van der Waals surface area contributed by atoms with Gasteiger partial charge in [-0.3, -0.25) is 4.68 Å². The van der Waals surface area contributed by atoms with Crippen LogP contribution in [0.1, 0.15) is 42.4 Å². The highest BCUT2D eigenvalue weighted by Crippen LogP contribution is 2.13. The van der Waals surface area contributed by atoms with Crippen LogP contribution < -0.4 is 5.32 Å². The predicted octanol–water partition coefficient (Wildman–Crippen LogP) is 2.70. The van der Waals surface area contributed by atoms with Crippen molar-refractivity contribution in [3.05, 3.63) is 53.3 Å². The lowest BCUT2D eigenvalue weighted by molar-refractivity contribution is 0.0524. The number of amides is 1. The number of rotatable bonds is 6. The van der Waals surface area contributed by atoms with Gasteiger partial charge in [0.2, 0.25) is 0 Å². The monoisotopic (exact) mass is 345 g/mol. The third kappa shape index (κ3) is 5.95. The number of alkyl carbamates (subject to hydrolysis) is 1. The largest absolute Gasteiger partial charge is 0.478 e. The van der Waals surface area contributed by atoms with Gasteiger partial charge in [-0.2, -0.15) is 5.10 Å². The molecule has 1 amide bonds. The van der Waals surface area contributed by atoms with E-state index in [2.05, 4.69) is 10.4 Å². The van der Waals surface area contributed by atoms with E-state index in [4.69, 9.17) is 4.74 Å². The summed E-state index contributed by atoms with van der Waals surface area (Å²) in [6.07, 6.45) is 1.41. The van der Waals surface area contributed by atoms with Gasteiger partial charge in [0, 0.05) is 19.2 Å². The quantitative estimate of drug-likeness (QED) is 0.839. The van der Waals surface area contributed by atoms with Crippen molar-refractivity contribution in [1.29, 1.82) is 0 Å². The molecular weight excluding hydrogens is 322 g/mol. The van der Waals surface area contributed by atoms with Gasteiger partial charge < -0.3 is 15.2 Å². The zero-order chi connectivity index (χ0) is 18.4. The first-order valence-electron chi connectivity index (χ1n) is 8.05. The third-order valence-corrected chi connectivity index (χ3v) is 3.29. The van der Waals surface area contributed by atoms with Crippen LogP contribution in [0.3, 0.4) is 0 Å². The van der Waals surface area contributed by atoms with E-state index in [0.717, 1.165) is 5.56 Å². The topological polar surface area (TPSA) is 93.5 Å². The Labute approximate surface area is 146 Å². The maximum atomic E-state index is 11.6. The van der Waals surface area contributed by atoms with Gasteiger partial charge in [0.05, 0.1) is 12.2 Å². The first-order valence-corrected chi connectivity index (χ1v) is 8.05. The van der Waals surface area contributed by atoms with Crippen molar-refractivity contribution in [2.24, 2.45) is 0 Å². The second-order valence-electron chi connectivity index (χ2n) is 6.65. The average molecular weight is 345 g/mol. The minimum absolute atomic E-state index is 0.168. The Bertz CT molecular complexity index is 733. The molecule has 0 fully saturated rings. The first-order chi connectivity index (χ1) is 11.7. The molecule has 1 heterocycles. The van der Waals surface area contributed by atoms with Gasteiger partial charge in [-0.25, -0.2) is 9.59 Å². The van der Waals surface area contributed by atoms with Crippen LogP contribution in [0, 0.1) is 0 Å². The average Bonchev–Trinajstić information content (AvgIpc) is 2.89. The summed E-state index contributed by atoms with van der Waals surface area (Å²) in [5, 5.41) is 16.3. The summed E-state index contributed by atoms with van der Waals surface area (Å²) >= 11 is 0. The summed E-state index contributed by atoms with van der Waals surface area (Å²) < 4.78 is 6.67.